The first-order valence-electron chi connectivity index (χ1n) is 6.50. The summed E-state index contributed by atoms with van der Waals surface area (Å²) in [5.74, 6) is 0.992. The number of nitrogens with zero attached hydrogens (tertiary/aromatic N) is 2. The van der Waals surface area contributed by atoms with Gasteiger partial charge in [-0.05, 0) is 42.2 Å². The largest absolute Gasteiger partial charge is 0.352 e. The lowest BCUT2D eigenvalue weighted by atomic mass is 10.2. The molecule has 4 heteroatoms. The van der Waals surface area contributed by atoms with Crippen LogP contribution in [0.2, 0.25) is 0 Å². The summed E-state index contributed by atoms with van der Waals surface area (Å²) >= 11 is 1.76. The van der Waals surface area contributed by atoms with E-state index in [1.165, 1.54) is 24.0 Å². The third kappa shape index (κ3) is 3.13. The lowest BCUT2D eigenvalue weighted by Crippen LogP contribution is -2.07. The number of nitrogens with one attached hydrogen (secondary N) is 1. The summed E-state index contributed by atoms with van der Waals surface area (Å²) in [5, 5.41) is 7.83. The molecular formula is C14H21N3S. The highest BCUT2D eigenvalue weighted by Gasteiger charge is 2.06. The fourth-order valence-electron chi connectivity index (χ4n) is 1.93. The van der Waals surface area contributed by atoms with E-state index in [4.69, 9.17) is 0 Å². The minimum Gasteiger partial charge on any atom is -0.352 e. The van der Waals surface area contributed by atoms with Crippen LogP contribution in [0.5, 0.6) is 0 Å². The van der Waals surface area contributed by atoms with E-state index >= 15 is 0 Å². The number of hydrogen-bond acceptors (Lipinski definition) is 3. The third-order valence-electron chi connectivity index (χ3n) is 3.05. The number of rotatable bonds is 6. The molecule has 0 radical (unpaired) electrons. The quantitative estimate of drug-likeness (QED) is 0.854. The Morgan fingerprint density at radius 1 is 1.33 bits per heavy atom. The molecule has 2 heterocycles. The van der Waals surface area contributed by atoms with Crippen molar-refractivity contribution in [2.45, 2.75) is 46.7 Å². The van der Waals surface area contributed by atoms with Crippen molar-refractivity contribution in [3.63, 3.8) is 0 Å². The van der Waals surface area contributed by atoms with Crippen LogP contribution in [0.4, 0.5) is 5.95 Å². The first kappa shape index (κ1) is 13.1. The molecule has 0 aliphatic heterocycles. The average Bonchev–Trinajstić information content (AvgIpc) is 2.90. The van der Waals surface area contributed by atoms with Crippen molar-refractivity contribution in [3.8, 4) is 0 Å². The Labute approximate surface area is 113 Å². The SMILES string of the molecule is CCCCn1cc(C)nc1NCc1cscc1C. The molecule has 18 heavy (non-hydrogen) atoms. The summed E-state index contributed by atoms with van der Waals surface area (Å²) in [5.41, 5.74) is 3.80. The highest BCUT2D eigenvalue weighted by Crippen LogP contribution is 2.16. The van der Waals surface area contributed by atoms with Gasteiger partial charge in [-0.25, -0.2) is 4.98 Å². The van der Waals surface area contributed by atoms with E-state index in [1.54, 1.807) is 11.3 Å². The number of aromatic nitrogens is 2. The van der Waals surface area contributed by atoms with Crippen LogP contribution < -0.4 is 5.32 Å². The van der Waals surface area contributed by atoms with Gasteiger partial charge in [-0.3, -0.25) is 0 Å². The number of unbranched alkanes of at least 4 members (excludes halogenated alkanes) is 1. The number of aryl methyl sites for hydroxylation is 3. The molecule has 0 bridgehead atoms. The van der Waals surface area contributed by atoms with E-state index in [2.05, 4.69) is 45.7 Å². The Bertz CT molecular complexity index is 499. The van der Waals surface area contributed by atoms with Crippen LogP contribution in [0.25, 0.3) is 0 Å². The molecule has 0 spiro atoms. The highest BCUT2D eigenvalue weighted by atomic mass is 32.1. The molecule has 0 saturated carbocycles. The van der Waals surface area contributed by atoms with Crippen LogP contribution in [0.1, 0.15) is 36.6 Å². The van der Waals surface area contributed by atoms with Gasteiger partial charge in [-0.1, -0.05) is 13.3 Å². The summed E-state index contributed by atoms with van der Waals surface area (Å²) in [6.45, 7) is 8.32. The number of anilines is 1. The minimum absolute atomic E-state index is 0.859. The maximum absolute atomic E-state index is 4.55. The maximum Gasteiger partial charge on any atom is 0.203 e. The smallest absolute Gasteiger partial charge is 0.203 e. The summed E-state index contributed by atoms with van der Waals surface area (Å²) < 4.78 is 2.22. The molecule has 2 aromatic heterocycles. The molecule has 2 rings (SSSR count). The van der Waals surface area contributed by atoms with Crippen LogP contribution in [0.3, 0.4) is 0 Å². The van der Waals surface area contributed by atoms with Crippen LogP contribution in [0, 0.1) is 13.8 Å². The summed E-state index contributed by atoms with van der Waals surface area (Å²) in [6.07, 6.45) is 4.53. The van der Waals surface area contributed by atoms with Crippen LogP contribution >= 0.6 is 11.3 Å². The lowest BCUT2D eigenvalue weighted by molar-refractivity contribution is 0.634. The zero-order valence-corrected chi connectivity index (χ0v) is 12.2. The maximum atomic E-state index is 4.55. The summed E-state index contributed by atoms with van der Waals surface area (Å²) in [7, 11) is 0. The minimum atomic E-state index is 0.859. The van der Waals surface area contributed by atoms with Gasteiger partial charge in [0.1, 0.15) is 0 Å². The number of hydrogen-bond donors (Lipinski definition) is 1. The fraction of sp³-hybridized carbons (Fsp3) is 0.500. The molecule has 0 amide bonds. The molecule has 3 nitrogen and oxygen atoms in total. The van der Waals surface area contributed by atoms with Gasteiger partial charge in [0.25, 0.3) is 0 Å². The summed E-state index contributed by atoms with van der Waals surface area (Å²) in [6, 6.07) is 0. The standard InChI is InChI=1S/C14H21N3S/c1-4-5-6-17-8-12(3)16-14(17)15-7-13-10-18-9-11(13)2/h8-10H,4-7H2,1-3H3,(H,15,16). The van der Waals surface area contributed by atoms with E-state index in [1.807, 2.05) is 6.92 Å². The predicted molar refractivity (Wildman–Crippen MR) is 78.3 cm³/mol. The molecule has 98 valence electrons. The van der Waals surface area contributed by atoms with Crippen molar-refractivity contribution < 1.29 is 0 Å². The van der Waals surface area contributed by atoms with Crippen molar-refractivity contribution in [1.29, 1.82) is 0 Å². The molecule has 0 aliphatic carbocycles. The van der Waals surface area contributed by atoms with Gasteiger partial charge < -0.3 is 9.88 Å². The van der Waals surface area contributed by atoms with Gasteiger partial charge in [0.15, 0.2) is 0 Å². The highest BCUT2D eigenvalue weighted by molar-refractivity contribution is 7.08. The number of thiophene rings is 1. The average molecular weight is 263 g/mol. The molecule has 1 N–H and O–H groups in total. The molecule has 0 aromatic carbocycles. The topological polar surface area (TPSA) is 29.9 Å². The van der Waals surface area contributed by atoms with Gasteiger partial charge in [-0.2, -0.15) is 11.3 Å². The Morgan fingerprint density at radius 3 is 2.83 bits per heavy atom. The number of imidazole rings is 1. The van der Waals surface area contributed by atoms with E-state index < -0.39 is 0 Å². The monoisotopic (exact) mass is 263 g/mol. The van der Waals surface area contributed by atoms with Crippen LogP contribution in [-0.4, -0.2) is 9.55 Å². The van der Waals surface area contributed by atoms with Gasteiger partial charge in [0.05, 0.1) is 5.69 Å². The Kier molecular flexibility index (Phi) is 4.42. The fourth-order valence-corrected chi connectivity index (χ4v) is 2.79. The lowest BCUT2D eigenvalue weighted by Gasteiger charge is -2.09. The van der Waals surface area contributed by atoms with E-state index in [-0.39, 0.29) is 0 Å². The van der Waals surface area contributed by atoms with E-state index in [0.717, 1.165) is 24.7 Å². The van der Waals surface area contributed by atoms with Crippen molar-refractivity contribution >= 4 is 17.3 Å². The Hall–Kier alpha value is -1.29. The van der Waals surface area contributed by atoms with Gasteiger partial charge in [0, 0.05) is 19.3 Å². The van der Waals surface area contributed by atoms with Crippen molar-refractivity contribution in [2.24, 2.45) is 0 Å². The molecule has 0 saturated heterocycles. The zero-order valence-electron chi connectivity index (χ0n) is 11.4. The molecule has 0 fully saturated rings. The van der Waals surface area contributed by atoms with Crippen LogP contribution in [-0.2, 0) is 13.1 Å². The van der Waals surface area contributed by atoms with E-state index in [9.17, 15) is 0 Å². The third-order valence-corrected chi connectivity index (χ3v) is 3.96. The molecule has 0 unspecified atom stereocenters. The molecule has 0 aliphatic rings. The van der Waals surface area contributed by atoms with E-state index in [0.29, 0.717) is 0 Å². The van der Waals surface area contributed by atoms with Gasteiger partial charge >= 0.3 is 0 Å². The predicted octanol–water partition coefficient (Wildman–Crippen LogP) is 3.97. The van der Waals surface area contributed by atoms with Crippen molar-refractivity contribution in [2.75, 3.05) is 5.32 Å². The second kappa shape index (κ2) is 6.05. The van der Waals surface area contributed by atoms with Gasteiger partial charge in [-0.15, -0.1) is 0 Å². The normalized spacial score (nSPS) is 10.8. The second-order valence-corrected chi connectivity index (χ2v) is 5.43. The molecular weight excluding hydrogens is 242 g/mol. The Balaban J connectivity index is 2.02. The first-order valence-corrected chi connectivity index (χ1v) is 7.44. The Morgan fingerprint density at radius 2 is 2.17 bits per heavy atom. The van der Waals surface area contributed by atoms with Crippen molar-refractivity contribution in [3.05, 3.63) is 33.8 Å². The first-order chi connectivity index (χ1) is 8.70. The van der Waals surface area contributed by atoms with Crippen molar-refractivity contribution in [1.82, 2.24) is 9.55 Å². The summed E-state index contributed by atoms with van der Waals surface area (Å²) in [4.78, 5) is 4.55. The molecule has 0 atom stereocenters. The zero-order chi connectivity index (χ0) is 13.0. The van der Waals surface area contributed by atoms with Gasteiger partial charge in [0.2, 0.25) is 5.95 Å². The van der Waals surface area contributed by atoms with Crippen LogP contribution in [0.15, 0.2) is 17.0 Å². The molecule has 2 aromatic rings. The second-order valence-electron chi connectivity index (χ2n) is 4.69.